The highest BCUT2D eigenvalue weighted by Gasteiger charge is 2.39. The van der Waals surface area contributed by atoms with Crippen LogP contribution >= 0.6 is 11.3 Å². The highest BCUT2D eigenvalue weighted by Crippen LogP contribution is 2.35. The van der Waals surface area contributed by atoms with Crippen LogP contribution in [0.4, 0.5) is 0 Å². The number of hydrogen-bond acceptors (Lipinski definition) is 4. The van der Waals surface area contributed by atoms with Gasteiger partial charge >= 0.3 is 0 Å². The van der Waals surface area contributed by atoms with Gasteiger partial charge in [-0.25, -0.2) is 8.42 Å². The maximum absolute atomic E-state index is 13.2. The van der Waals surface area contributed by atoms with E-state index in [1.54, 1.807) is 4.31 Å². The molecule has 0 bridgehead atoms. The summed E-state index contributed by atoms with van der Waals surface area (Å²) in [5.41, 5.74) is 0.864. The summed E-state index contributed by atoms with van der Waals surface area (Å²) in [6.07, 6.45) is 1.10. The first-order valence-corrected chi connectivity index (χ1v) is 9.84. The summed E-state index contributed by atoms with van der Waals surface area (Å²) >= 11 is 1.53. The lowest BCUT2D eigenvalue weighted by atomic mass is 9.88. The van der Waals surface area contributed by atoms with E-state index in [1.807, 2.05) is 26.3 Å². The quantitative estimate of drug-likeness (QED) is 0.923. The van der Waals surface area contributed by atoms with Crippen LogP contribution in [0.25, 0.3) is 0 Å². The predicted molar refractivity (Wildman–Crippen MR) is 88.1 cm³/mol. The van der Waals surface area contributed by atoms with E-state index >= 15 is 0 Å². The number of rotatable bonds is 4. The van der Waals surface area contributed by atoms with Crippen LogP contribution in [0, 0.1) is 18.8 Å². The van der Waals surface area contributed by atoms with Crippen molar-refractivity contribution in [3.8, 4) is 0 Å². The number of sulfonamides is 1. The van der Waals surface area contributed by atoms with Crippen LogP contribution in [0.3, 0.4) is 0 Å². The smallest absolute Gasteiger partial charge is 0.244 e. The summed E-state index contributed by atoms with van der Waals surface area (Å²) < 4.78 is 28.1. The fourth-order valence-corrected chi connectivity index (χ4v) is 6.84. The molecule has 1 fully saturated rings. The lowest BCUT2D eigenvalue weighted by Gasteiger charge is -2.40. The van der Waals surface area contributed by atoms with Crippen LogP contribution in [-0.4, -0.2) is 32.4 Å². The van der Waals surface area contributed by atoms with Crippen LogP contribution in [0.2, 0.25) is 0 Å². The van der Waals surface area contributed by atoms with Gasteiger partial charge in [-0.1, -0.05) is 13.8 Å². The highest BCUT2D eigenvalue weighted by atomic mass is 32.2. The molecule has 0 spiro atoms. The lowest BCUT2D eigenvalue weighted by molar-refractivity contribution is 0.157. The molecule has 1 aromatic rings. The van der Waals surface area contributed by atoms with E-state index < -0.39 is 10.0 Å². The highest BCUT2D eigenvalue weighted by molar-refractivity contribution is 7.89. The van der Waals surface area contributed by atoms with Crippen LogP contribution in [-0.2, 0) is 16.6 Å². The van der Waals surface area contributed by atoms with Crippen LogP contribution in [0.5, 0.6) is 0 Å². The maximum atomic E-state index is 13.2. The second-order valence-electron chi connectivity index (χ2n) is 6.33. The van der Waals surface area contributed by atoms with Crippen LogP contribution in [0.15, 0.2) is 10.3 Å². The Labute approximate surface area is 132 Å². The topological polar surface area (TPSA) is 49.4 Å². The molecule has 0 saturated carbocycles. The number of nitrogens with zero attached hydrogens (tertiary/aromatic N) is 1. The van der Waals surface area contributed by atoms with E-state index in [4.69, 9.17) is 0 Å². The molecule has 4 nitrogen and oxygen atoms in total. The zero-order chi connectivity index (χ0) is 15.8. The van der Waals surface area contributed by atoms with Gasteiger partial charge in [-0.05, 0) is 50.1 Å². The van der Waals surface area contributed by atoms with Gasteiger partial charge in [0, 0.05) is 24.0 Å². The molecule has 1 aliphatic rings. The first kappa shape index (κ1) is 16.9. The second kappa shape index (κ2) is 6.36. The first-order chi connectivity index (χ1) is 9.78. The Morgan fingerprint density at radius 1 is 1.38 bits per heavy atom. The molecule has 1 N–H and O–H groups in total. The van der Waals surface area contributed by atoms with Crippen molar-refractivity contribution in [1.82, 2.24) is 9.62 Å². The van der Waals surface area contributed by atoms with E-state index in [9.17, 15) is 8.42 Å². The fraction of sp³-hybridized carbons (Fsp3) is 0.733. The molecule has 120 valence electrons. The van der Waals surface area contributed by atoms with Crippen molar-refractivity contribution in [3.63, 3.8) is 0 Å². The number of hydrogen-bond donors (Lipinski definition) is 1. The maximum Gasteiger partial charge on any atom is 0.244 e. The summed E-state index contributed by atoms with van der Waals surface area (Å²) in [5.74, 6) is 0.813. The van der Waals surface area contributed by atoms with Crippen LogP contribution < -0.4 is 5.32 Å². The Morgan fingerprint density at radius 2 is 2.05 bits per heavy atom. The number of thiophene rings is 1. The zero-order valence-corrected chi connectivity index (χ0v) is 15.1. The molecule has 21 heavy (non-hydrogen) atoms. The average Bonchev–Trinajstić information content (AvgIpc) is 2.76. The Hall–Kier alpha value is -0.430. The normalized spacial score (nSPS) is 28.0. The van der Waals surface area contributed by atoms with Gasteiger partial charge in [0.1, 0.15) is 4.90 Å². The van der Waals surface area contributed by atoms with Gasteiger partial charge in [-0.2, -0.15) is 4.31 Å². The monoisotopic (exact) mass is 330 g/mol. The van der Waals surface area contributed by atoms with E-state index in [1.165, 1.54) is 11.3 Å². The molecule has 0 aromatic carbocycles. The minimum atomic E-state index is -3.41. The number of aryl methyl sites for hydroxylation is 1. The minimum absolute atomic E-state index is 0.0629. The summed E-state index contributed by atoms with van der Waals surface area (Å²) in [5, 5.41) is 5.01. The van der Waals surface area contributed by atoms with Crippen molar-refractivity contribution in [3.05, 3.63) is 15.8 Å². The molecule has 0 radical (unpaired) electrons. The molecule has 6 heteroatoms. The molecule has 3 atom stereocenters. The summed E-state index contributed by atoms with van der Waals surface area (Å²) in [6.45, 7) is 9.44. The van der Waals surface area contributed by atoms with Gasteiger partial charge in [-0.3, -0.25) is 0 Å². The average molecular weight is 331 g/mol. The van der Waals surface area contributed by atoms with Crippen molar-refractivity contribution in [2.75, 3.05) is 13.6 Å². The Kier molecular flexibility index (Phi) is 5.13. The summed E-state index contributed by atoms with van der Waals surface area (Å²) in [6, 6.07) is 0.0629. The first-order valence-electron chi connectivity index (χ1n) is 7.52. The van der Waals surface area contributed by atoms with E-state index in [0.29, 0.717) is 29.8 Å². The number of nitrogens with one attached hydrogen (secondary N) is 1. The molecule has 0 amide bonds. The largest absolute Gasteiger partial charge is 0.315 e. The molecule has 1 aromatic heterocycles. The van der Waals surface area contributed by atoms with Crippen molar-refractivity contribution < 1.29 is 8.42 Å². The zero-order valence-electron chi connectivity index (χ0n) is 13.5. The molecule has 1 saturated heterocycles. The van der Waals surface area contributed by atoms with Gasteiger partial charge < -0.3 is 5.32 Å². The van der Waals surface area contributed by atoms with Crippen molar-refractivity contribution >= 4 is 21.4 Å². The Bertz CT molecular complexity index is 595. The second-order valence-corrected chi connectivity index (χ2v) is 9.13. The standard InChI is InChI=1S/C15H26N2O2S2/c1-10-6-11(2)13(4)17(8-10)21(18,19)15-12(3)9-20-14(15)7-16-5/h9-11,13,16H,6-8H2,1-5H3. The third-order valence-corrected chi connectivity index (χ3v) is 7.85. The molecular weight excluding hydrogens is 304 g/mol. The summed E-state index contributed by atoms with van der Waals surface area (Å²) in [7, 11) is -1.57. The molecule has 0 aliphatic carbocycles. The van der Waals surface area contributed by atoms with E-state index in [2.05, 4.69) is 19.2 Å². The van der Waals surface area contributed by atoms with Crippen molar-refractivity contribution in [1.29, 1.82) is 0 Å². The molecule has 3 unspecified atom stereocenters. The van der Waals surface area contributed by atoms with E-state index in [-0.39, 0.29) is 6.04 Å². The SMILES string of the molecule is CNCc1scc(C)c1S(=O)(=O)N1CC(C)CC(C)C1C. The van der Waals surface area contributed by atoms with Crippen molar-refractivity contribution in [2.24, 2.45) is 11.8 Å². The predicted octanol–water partition coefficient (Wildman–Crippen LogP) is 2.83. The van der Waals surface area contributed by atoms with Gasteiger partial charge in [0.25, 0.3) is 0 Å². The van der Waals surface area contributed by atoms with Crippen LogP contribution in [0.1, 0.15) is 37.6 Å². The molecule has 2 heterocycles. The summed E-state index contributed by atoms with van der Waals surface area (Å²) in [4.78, 5) is 1.43. The third kappa shape index (κ3) is 3.18. The Morgan fingerprint density at radius 3 is 2.67 bits per heavy atom. The van der Waals surface area contributed by atoms with E-state index in [0.717, 1.165) is 16.9 Å². The van der Waals surface area contributed by atoms with Gasteiger partial charge in [-0.15, -0.1) is 11.3 Å². The minimum Gasteiger partial charge on any atom is -0.315 e. The number of piperidine rings is 1. The Balaban J connectivity index is 2.44. The van der Waals surface area contributed by atoms with Crippen molar-refractivity contribution in [2.45, 2.75) is 51.6 Å². The third-order valence-electron chi connectivity index (χ3n) is 4.44. The molecular formula is C15H26N2O2S2. The van der Waals surface area contributed by atoms with Gasteiger partial charge in [0.2, 0.25) is 10.0 Å². The molecule has 2 rings (SSSR count). The molecule has 1 aliphatic heterocycles. The van der Waals surface area contributed by atoms with Gasteiger partial charge in [0.05, 0.1) is 0 Å². The fourth-order valence-electron chi connectivity index (χ4n) is 3.21. The lowest BCUT2D eigenvalue weighted by Crippen LogP contribution is -2.48. The van der Waals surface area contributed by atoms with Gasteiger partial charge in [0.15, 0.2) is 0 Å².